The predicted molar refractivity (Wildman–Crippen MR) is 95.9 cm³/mol. The van der Waals surface area contributed by atoms with Gasteiger partial charge in [-0.1, -0.05) is 0 Å². The van der Waals surface area contributed by atoms with Crippen LogP contribution in [0.1, 0.15) is 55.8 Å². The summed E-state index contributed by atoms with van der Waals surface area (Å²) in [6, 6.07) is 1.64. The van der Waals surface area contributed by atoms with Gasteiger partial charge in [0.25, 0.3) is 5.91 Å². The zero-order valence-corrected chi connectivity index (χ0v) is 15.9. The van der Waals surface area contributed by atoms with Crippen molar-refractivity contribution in [2.45, 2.75) is 57.1 Å². The molecule has 1 heterocycles. The van der Waals surface area contributed by atoms with Crippen LogP contribution in [0, 0.1) is 17.8 Å². The number of nitrogens with zero attached hydrogens (tertiary/aromatic N) is 1. The Hall–Kier alpha value is -1.43. The molecular weight excluding hydrogens is 384 g/mol. The SMILES string of the molecule is C[C@H](OC(=O)c1cncc(Br)c1)C(=O)NC12CC3CC(CC(C3)C1)C2. The van der Waals surface area contributed by atoms with Gasteiger partial charge in [-0.25, -0.2) is 4.79 Å². The molecule has 5 nitrogen and oxygen atoms in total. The lowest BCUT2D eigenvalue weighted by molar-refractivity contribution is -0.134. The van der Waals surface area contributed by atoms with Crippen LogP contribution in [0.25, 0.3) is 0 Å². The number of hydrogen-bond acceptors (Lipinski definition) is 4. The van der Waals surface area contributed by atoms with Crippen molar-refractivity contribution < 1.29 is 14.3 Å². The smallest absolute Gasteiger partial charge is 0.340 e. The molecule has 5 rings (SSSR count). The Morgan fingerprint density at radius 3 is 2.36 bits per heavy atom. The first-order valence-corrected chi connectivity index (χ1v) is 9.85. The molecule has 0 aliphatic heterocycles. The van der Waals surface area contributed by atoms with Gasteiger partial charge >= 0.3 is 5.97 Å². The molecule has 0 saturated heterocycles. The maximum Gasteiger partial charge on any atom is 0.340 e. The second-order valence-electron chi connectivity index (χ2n) is 8.13. The average molecular weight is 407 g/mol. The fourth-order valence-corrected chi connectivity index (χ4v) is 5.80. The molecule has 134 valence electrons. The van der Waals surface area contributed by atoms with Crippen LogP contribution in [0.15, 0.2) is 22.9 Å². The monoisotopic (exact) mass is 406 g/mol. The molecular formula is C19H23BrN2O3. The molecule has 4 fully saturated rings. The molecule has 25 heavy (non-hydrogen) atoms. The van der Waals surface area contributed by atoms with Gasteiger partial charge in [0.05, 0.1) is 5.56 Å². The molecule has 0 aromatic carbocycles. The fourth-order valence-electron chi connectivity index (χ4n) is 5.43. The van der Waals surface area contributed by atoms with Crippen LogP contribution < -0.4 is 5.32 Å². The summed E-state index contributed by atoms with van der Waals surface area (Å²) in [5.74, 6) is 1.58. The Kier molecular flexibility index (Phi) is 4.34. The first-order chi connectivity index (χ1) is 11.9. The lowest BCUT2D eigenvalue weighted by Gasteiger charge is -2.57. The van der Waals surface area contributed by atoms with Crippen molar-refractivity contribution in [3.63, 3.8) is 0 Å². The number of pyridine rings is 1. The number of carbonyl (C=O) groups is 2. The molecule has 1 N–H and O–H groups in total. The molecule has 1 aromatic rings. The van der Waals surface area contributed by atoms with Crippen LogP contribution in [-0.2, 0) is 9.53 Å². The largest absolute Gasteiger partial charge is 0.449 e. The van der Waals surface area contributed by atoms with E-state index in [-0.39, 0.29) is 11.4 Å². The van der Waals surface area contributed by atoms with E-state index in [1.165, 1.54) is 25.5 Å². The number of aromatic nitrogens is 1. The Morgan fingerprint density at radius 2 is 1.80 bits per heavy atom. The summed E-state index contributed by atoms with van der Waals surface area (Å²) >= 11 is 3.28. The number of ether oxygens (including phenoxy) is 1. The standard InChI is InChI=1S/C19H23BrN2O3/c1-11(25-18(24)15-5-16(20)10-21-9-15)17(23)22-19-6-12-2-13(7-19)4-14(3-12)8-19/h5,9-14H,2-4,6-8H2,1H3,(H,22,23)/t11-,12?,13?,14?,19?/m0/s1. The number of amides is 1. The van der Waals surface area contributed by atoms with Crippen LogP contribution in [0.3, 0.4) is 0 Å². The van der Waals surface area contributed by atoms with Gasteiger partial charge in [-0.3, -0.25) is 9.78 Å². The van der Waals surface area contributed by atoms with Crippen molar-refractivity contribution in [1.82, 2.24) is 10.3 Å². The molecule has 0 radical (unpaired) electrons. The molecule has 4 aliphatic carbocycles. The third-order valence-corrected chi connectivity index (χ3v) is 6.45. The van der Waals surface area contributed by atoms with Crippen LogP contribution in [0.2, 0.25) is 0 Å². The highest BCUT2D eigenvalue weighted by Gasteiger charge is 2.51. The van der Waals surface area contributed by atoms with Crippen molar-refractivity contribution in [1.29, 1.82) is 0 Å². The van der Waals surface area contributed by atoms with Crippen LogP contribution in [-0.4, -0.2) is 28.5 Å². The van der Waals surface area contributed by atoms with E-state index >= 15 is 0 Å². The van der Waals surface area contributed by atoms with Crippen LogP contribution in [0.5, 0.6) is 0 Å². The minimum absolute atomic E-state index is 0.0656. The zero-order valence-electron chi connectivity index (χ0n) is 14.3. The lowest BCUT2D eigenvalue weighted by Crippen LogP contribution is -2.61. The molecule has 1 aromatic heterocycles. The first-order valence-electron chi connectivity index (χ1n) is 9.06. The Bertz CT molecular complexity index is 670. The van der Waals surface area contributed by atoms with Crippen molar-refractivity contribution in [3.8, 4) is 0 Å². The van der Waals surface area contributed by atoms with Crippen molar-refractivity contribution >= 4 is 27.8 Å². The van der Waals surface area contributed by atoms with E-state index < -0.39 is 12.1 Å². The van der Waals surface area contributed by atoms with E-state index in [4.69, 9.17) is 4.74 Å². The number of esters is 1. The third kappa shape index (κ3) is 3.46. The highest BCUT2D eigenvalue weighted by atomic mass is 79.9. The summed E-state index contributed by atoms with van der Waals surface area (Å²) in [6.45, 7) is 1.64. The summed E-state index contributed by atoms with van der Waals surface area (Å²) < 4.78 is 6.06. The van der Waals surface area contributed by atoms with E-state index in [0.29, 0.717) is 10.0 Å². The highest BCUT2D eigenvalue weighted by Crippen LogP contribution is 2.55. The molecule has 0 unspecified atom stereocenters. The van der Waals surface area contributed by atoms with E-state index in [9.17, 15) is 9.59 Å². The molecule has 6 heteroatoms. The van der Waals surface area contributed by atoms with E-state index in [2.05, 4.69) is 26.2 Å². The van der Waals surface area contributed by atoms with Crippen LogP contribution >= 0.6 is 15.9 Å². The second kappa shape index (κ2) is 6.38. The maximum absolute atomic E-state index is 12.6. The summed E-state index contributed by atoms with van der Waals surface area (Å²) in [4.78, 5) is 28.8. The number of hydrogen-bond donors (Lipinski definition) is 1. The number of carbonyl (C=O) groups excluding carboxylic acids is 2. The number of nitrogens with one attached hydrogen (secondary N) is 1. The van der Waals surface area contributed by atoms with Gasteiger partial charge in [0.2, 0.25) is 0 Å². The summed E-state index contributed by atoms with van der Waals surface area (Å²) in [6.07, 6.45) is 9.47. The molecule has 1 amide bonds. The zero-order chi connectivity index (χ0) is 17.6. The fraction of sp³-hybridized carbons (Fsp3) is 0.632. The minimum Gasteiger partial charge on any atom is -0.449 e. The Morgan fingerprint density at radius 1 is 1.20 bits per heavy atom. The highest BCUT2D eigenvalue weighted by molar-refractivity contribution is 9.10. The topological polar surface area (TPSA) is 68.3 Å². The quantitative estimate of drug-likeness (QED) is 0.777. The molecule has 1 atom stereocenters. The van der Waals surface area contributed by atoms with Crippen molar-refractivity contribution in [2.75, 3.05) is 0 Å². The number of rotatable bonds is 4. The molecule has 0 spiro atoms. The summed E-state index contributed by atoms with van der Waals surface area (Å²) in [5, 5.41) is 3.25. The normalized spacial score (nSPS) is 33.8. The van der Waals surface area contributed by atoms with Crippen molar-refractivity contribution in [3.05, 3.63) is 28.5 Å². The second-order valence-corrected chi connectivity index (χ2v) is 9.04. The average Bonchev–Trinajstić information content (AvgIpc) is 2.53. The van der Waals surface area contributed by atoms with E-state index in [1.54, 1.807) is 19.2 Å². The summed E-state index contributed by atoms with van der Waals surface area (Å²) in [5.41, 5.74) is 0.271. The van der Waals surface area contributed by atoms with E-state index in [1.807, 2.05) is 0 Å². The van der Waals surface area contributed by atoms with E-state index in [0.717, 1.165) is 37.0 Å². The molecule has 4 aliphatic rings. The Balaban J connectivity index is 1.39. The van der Waals surface area contributed by atoms with Gasteiger partial charge < -0.3 is 10.1 Å². The number of halogens is 1. The van der Waals surface area contributed by atoms with Gasteiger partial charge in [0.15, 0.2) is 6.10 Å². The summed E-state index contributed by atoms with van der Waals surface area (Å²) in [7, 11) is 0. The van der Waals surface area contributed by atoms with Crippen LogP contribution in [0.4, 0.5) is 0 Å². The van der Waals surface area contributed by atoms with Gasteiger partial charge in [-0.15, -0.1) is 0 Å². The predicted octanol–water partition coefficient (Wildman–Crippen LogP) is 3.47. The lowest BCUT2D eigenvalue weighted by atomic mass is 9.53. The van der Waals surface area contributed by atoms with Gasteiger partial charge in [-0.05, 0) is 85.2 Å². The van der Waals surface area contributed by atoms with Gasteiger partial charge in [0, 0.05) is 22.4 Å². The maximum atomic E-state index is 12.6. The molecule has 4 saturated carbocycles. The minimum atomic E-state index is -0.806. The molecule has 4 bridgehead atoms. The van der Waals surface area contributed by atoms with Gasteiger partial charge in [0.1, 0.15) is 0 Å². The Labute approximate surface area is 156 Å². The first kappa shape index (κ1) is 17.0. The van der Waals surface area contributed by atoms with Crippen molar-refractivity contribution in [2.24, 2.45) is 17.8 Å². The van der Waals surface area contributed by atoms with Gasteiger partial charge in [-0.2, -0.15) is 0 Å². The third-order valence-electron chi connectivity index (χ3n) is 6.02.